The molecule has 1 fully saturated rings. The number of amides is 1. The highest BCUT2D eigenvalue weighted by atomic mass is 32.2. The minimum atomic E-state index is -0.125. The summed E-state index contributed by atoms with van der Waals surface area (Å²) in [6, 6.07) is 17.9. The first kappa shape index (κ1) is 16.5. The Kier molecular flexibility index (Phi) is 5.11. The van der Waals surface area contributed by atoms with Crippen LogP contribution in [0.5, 0.6) is 0 Å². The molecule has 122 valence electrons. The highest BCUT2D eigenvalue weighted by Crippen LogP contribution is 2.29. The largest absolute Gasteiger partial charge is 0.284 e. The standard InChI is InChI=1S/C19H19N3OS/c1-14-8-6-7-11-17(14)13-22-18(23)15(2)24-19(22)21-20-12-16-9-4-3-5-10-16/h3-12,15H,13H2,1-2H3. The maximum atomic E-state index is 12.4. The number of hydrogen-bond donors (Lipinski definition) is 0. The molecule has 0 aliphatic carbocycles. The Balaban J connectivity index is 1.80. The van der Waals surface area contributed by atoms with Crippen LogP contribution >= 0.6 is 11.8 Å². The van der Waals surface area contributed by atoms with Gasteiger partial charge >= 0.3 is 0 Å². The van der Waals surface area contributed by atoms with Gasteiger partial charge in [0.15, 0.2) is 5.17 Å². The minimum Gasteiger partial charge on any atom is -0.284 e. The zero-order valence-electron chi connectivity index (χ0n) is 13.7. The van der Waals surface area contributed by atoms with Crippen molar-refractivity contribution in [3.63, 3.8) is 0 Å². The summed E-state index contributed by atoms with van der Waals surface area (Å²) in [7, 11) is 0. The van der Waals surface area contributed by atoms with Crippen molar-refractivity contribution >= 4 is 29.1 Å². The molecule has 0 bridgehead atoms. The van der Waals surface area contributed by atoms with E-state index < -0.39 is 0 Å². The lowest BCUT2D eigenvalue weighted by atomic mass is 10.1. The first-order chi connectivity index (χ1) is 11.6. The minimum absolute atomic E-state index is 0.0805. The average Bonchev–Trinajstić information content (AvgIpc) is 2.85. The van der Waals surface area contributed by atoms with Crippen LogP contribution in [-0.4, -0.2) is 27.4 Å². The van der Waals surface area contributed by atoms with Crippen LogP contribution in [0.15, 0.2) is 64.8 Å². The van der Waals surface area contributed by atoms with E-state index in [1.54, 1.807) is 11.1 Å². The van der Waals surface area contributed by atoms with Gasteiger partial charge < -0.3 is 0 Å². The maximum absolute atomic E-state index is 12.4. The molecule has 2 aromatic carbocycles. The van der Waals surface area contributed by atoms with Gasteiger partial charge in [0.2, 0.25) is 5.91 Å². The molecular formula is C19H19N3OS. The van der Waals surface area contributed by atoms with Gasteiger partial charge in [-0.25, -0.2) is 0 Å². The van der Waals surface area contributed by atoms with Crippen molar-refractivity contribution < 1.29 is 4.79 Å². The van der Waals surface area contributed by atoms with E-state index in [0.717, 1.165) is 11.1 Å². The highest BCUT2D eigenvalue weighted by molar-refractivity contribution is 8.15. The molecule has 0 spiro atoms. The van der Waals surface area contributed by atoms with Crippen LogP contribution in [0.3, 0.4) is 0 Å². The quantitative estimate of drug-likeness (QED) is 0.628. The van der Waals surface area contributed by atoms with E-state index >= 15 is 0 Å². The van der Waals surface area contributed by atoms with Crippen molar-refractivity contribution in [3.8, 4) is 0 Å². The van der Waals surface area contributed by atoms with E-state index in [0.29, 0.717) is 11.7 Å². The molecule has 5 heteroatoms. The van der Waals surface area contributed by atoms with Crippen molar-refractivity contribution in [1.29, 1.82) is 0 Å². The molecule has 1 aliphatic rings. The number of thioether (sulfide) groups is 1. The predicted molar refractivity (Wildman–Crippen MR) is 100 cm³/mol. The first-order valence-corrected chi connectivity index (χ1v) is 8.72. The average molecular weight is 337 g/mol. The molecule has 1 saturated heterocycles. The molecule has 1 atom stereocenters. The van der Waals surface area contributed by atoms with Crippen LogP contribution in [0.1, 0.15) is 23.6 Å². The van der Waals surface area contributed by atoms with E-state index in [4.69, 9.17) is 0 Å². The third-order valence-corrected chi connectivity index (χ3v) is 4.93. The Morgan fingerprint density at radius 2 is 1.83 bits per heavy atom. The molecule has 1 aliphatic heterocycles. The Morgan fingerprint density at radius 1 is 1.12 bits per heavy atom. The van der Waals surface area contributed by atoms with Crippen LogP contribution < -0.4 is 0 Å². The van der Waals surface area contributed by atoms with Gasteiger partial charge in [-0.2, -0.15) is 5.10 Å². The van der Waals surface area contributed by atoms with E-state index in [1.165, 1.54) is 17.3 Å². The molecule has 1 heterocycles. The number of amidine groups is 1. The Morgan fingerprint density at radius 3 is 2.58 bits per heavy atom. The molecule has 0 radical (unpaired) electrons. The van der Waals surface area contributed by atoms with Gasteiger partial charge in [-0.3, -0.25) is 9.69 Å². The molecule has 1 unspecified atom stereocenters. The lowest BCUT2D eigenvalue weighted by Gasteiger charge is -2.16. The van der Waals surface area contributed by atoms with E-state index in [1.807, 2.05) is 55.5 Å². The van der Waals surface area contributed by atoms with Crippen LogP contribution in [0.4, 0.5) is 0 Å². The van der Waals surface area contributed by atoms with E-state index in [2.05, 4.69) is 23.2 Å². The van der Waals surface area contributed by atoms with Crippen molar-refractivity contribution in [3.05, 3.63) is 71.3 Å². The summed E-state index contributed by atoms with van der Waals surface area (Å²) >= 11 is 1.45. The van der Waals surface area contributed by atoms with Crippen LogP contribution in [0, 0.1) is 6.92 Å². The monoisotopic (exact) mass is 337 g/mol. The number of carbonyl (C=O) groups is 1. The summed E-state index contributed by atoms with van der Waals surface area (Å²) in [4.78, 5) is 14.2. The molecule has 2 aromatic rings. The Labute approximate surface area is 146 Å². The summed E-state index contributed by atoms with van der Waals surface area (Å²) in [6.07, 6.45) is 1.70. The number of aryl methyl sites for hydroxylation is 1. The summed E-state index contributed by atoms with van der Waals surface area (Å²) in [5.74, 6) is 0.0805. The van der Waals surface area contributed by atoms with Crippen molar-refractivity contribution in [2.24, 2.45) is 10.2 Å². The summed E-state index contributed by atoms with van der Waals surface area (Å²) in [5, 5.41) is 8.97. The number of benzene rings is 2. The molecule has 0 saturated carbocycles. The lowest BCUT2D eigenvalue weighted by Crippen LogP contribution is -2.31. The zero-order valence-corrected chi connectivity index (χ0v) is 14.5. The van der Waals surface area contributed by atoms with Gasteiger partial charge in [0.05, 0.1) is 18.0 Å². The molecule has 0 aromatic heterocycles. The van der Waals surface area contributed by atoms with Crippen LogP contribution in [0.25, 0.3) is 0 Å². The van der Waals surface area contributed by atoms with E-state index in [-0.39, 0.29) is 11.2 Å². The second-order valence-corrected chi connectivity index (χ2v) is 6.96. The van der Waals surface area contributed by atoms with Gasteiger partial charge in [0.1, 0.15) is 0 Å². The first-order valence-electron chi connectivity index (χ1n) is 7.84. The van der Waals surface area contributed by atoms with Crippen molar-refractivity contribution in [2.45, 2.75) is 25.6 Å². The highest BCUT2D eigenvalue weighted by Gasteiger charge is 2.35. The SMILES string of the molecule is Cc1ccccc1CN1C(=O)C(C)SC1=NN=Cc1ccccc1. The van der Waals surface area contributed by atoms with Gasteiger partial charge in [-0.1, -0.05) is 66.4 Å². The molecule has 1 amide bonds. The summed E-state index contributed by atoms with van der Waals surface area (Å²) < 4.78 is 0. The predicted octanol–water partition coefficient (Wildman–Crippen LogP) is 3.85. The second kappa shape index (κ2) is 7.45. The molecular weight excluding hydrogens is 318 g/mol. The van der Waals surface area contributed by atoms with Gasteiger partial charge in [-0.05, 0) is 30.5 Å². The summed E-state index contributed by atoms with van der Waals surface area (Å²) in [6.45, 7) is 4.49. The third-order valence-electron chi connectivity index (χ3n) is 3.87. The molecule has 24 heavy (non-hydrogen) atoms. The number of carbonyl (C=O) groups excluding carboxylic acids is 1. The zero-order chi connectivity index (χ0) is 16.9. The topological polar surface area (TPSA) is 45.0 Å². The second-order valence-electron chi connectivity index (χ2n) is 5.65. The Hall–Kier alpha value is -2.40. The maximum Gasteiger partial charge on any atom is 0.242 e. The van der Waals surface area contributed by atoms with Crippen molar-refractivity contribution in [2.75, 3.05) is 0 Å². The number of nitrogens with zero attached hydrogens (tertiary/aromatic N) is 3. The molecule has 0 N–H and O–H groups in total. The van der Waals surface area contributed by atoms with Crippen molar-refractivity contribution in [1.82, 2.24) is 4.90 Å². The van der Waals surface area contributed by atoms with Crippen LogP contribution in [-0.2, 0) is 11.3 Å². The fraction of sp³-hybridized carbons (Fsp3) is 0.211. The number of hydrogen-bond acceptors (Lipinski definition) is 4. The lowest BCUT2D eigenvalue weighted by molar-refractivity contribution is -0.126. The molecule has 3 rings (SSSR count). The molecule has 4 nitrogen and oxygen atoms in total. The van der Waals surface area contributed by atoms with Crippen LogP contribution in [0.2, 0.25) is 0 Å². The fourth-order valence-electron chi connectivity index (χ4n) is 2.45. The summed E-state index contributed by atoms with van der Waals surface area (Å²) in [5.41, 5.74) is 3.27. The smallest absolute Gasteiger partial charge is 0.242 e. The fourth-order valence-corrected chi connectivity index (χ4v) is 3.37. The number of rotatable bonds is 4. The normalized spacial score (nSPS) is 19.6. The van der Waals surface area contributed by atoms with Gasteiger partial charge in [0, 0.05) is 0 Å². The Bertz CT molecular complexity index is 786. The van der Waals surface area contributed by atoms with Gasteiger partial charge in [0.25, 0.3) is 0 Å². The van der Waals surface area contributed by atoms with Gasteiger partial charge in [-0.15, -0.1) is 5.10 Å². The third kappa shape index (κ3) is 3.74. The van der Waals surface area contributed by atoms with E-state index in [9.17, 15) is 4.79 Å².